The van der Waals surface area contributed by atoms with Crippen LogP contribution in [-0.2, 0) is 24.7 Å². The lowest BCUT2D eigenvalue weighted by Gasteiger charge is -2.25. The number of aryl methyl sites for hydroxylation is 2. The quantitative estimate of drug-likeness (QED) is 0.183. The first kappa shape index (κ1) is 27.5. The molecule has 0 atom stereocenters. The van der Waals surface area contributed by atoms with E-state index in [0.717, 1.165) is 25.7 Å². The molecule has 232 valence electrons. The topological polar surface area (TPSA) is 0 Å². The van der Waals surface area contributed by atoms with Gasteiger partial charge in [-0.3, -0.25) is 0 Å². The largest absolute Gasteiger partial charge is 0.0795 e. The first-order chi connectivity index (χ1) is 24.0. The number of hydrogen-bond donors (Lipinski definition) is 0. The zero-order valence-electron chi connectivity index (χ0n) is 28.0. The summed E-state index contributed by atoms with van der Waals surface area (Å²) in [5.41, 5.74) is 22.1. The molecule has 0 heteroatoms. The van der Waals surface area contributed by atoms with Crippen molar-refractivity contribution >= 4 is 33.2 Å². The van der Waals surface area contributed by atoms with Crippen molar-refractivity contribution < 1.29 is 0 Å². The van der Waals surface area contributed by atoms with E-state index >= 15 is 0 Å². The second-order valence-electron chi connectivity index (χ2n) is 15.1. The molecule has 7 aromatic rings. The summed E-state index contributed by atoms with van der Waals surface area (Å²) in [7, 11) is 0. The fourth-order valence-corrected chi connectivity index (χ4v) is 9.80. The highest BCUT2D eigenvalue weighted by atomic mass is 14.4. The first-order valence-corrected chi connectivity index (χ1v) is 17.9. The Morgan fingerprint density at radius 3 is 1.98 bits per heavy atom. The Morgan fingerprint density at radius 2 is 1.16 bits per heavy atom. The molecule has 11 rings (SSSR count). The predicted molar refractivity (Wildman–Crippen MR) is 208 cm³/mol. The Morgan fingerprint density at radius 1 is 0.490 bits per heavy atom. The van der Waals surface area contributed by atoms with Gasteiger partial charge in [0.25, 0.3) is 0 Å². The van der Waals surface area contributed by atoms with E-state index in [2.05, 4.69) is 147 Å². The van der Waals surface area contributed by atoms with E-state index < -0.39 is 0 Å². The summed E-state index contributed by atoms with van der Waals surface area (Å²) in [5, 5.41) is 5.71. The van der Waals surface area contributed by atoms with Gasteiger partial charge in [0.05, 0.1) is 0 Å². The van der Waals surface area contributed by atoms with E-state index in [1.807, 2.05) is 0 Å². The van der Waals surface area contributed by atoms with Crippen molar-refractivity contribution in [3.8, 4) is 44.5 Å². The zero-order valence-corrected chi connectivity index (χ0v) is 28.0. The molecule has 0 unspecified atom stereocenters. The lowest BCUT2D eigenvalue weighted by molar-refractivity contribution is 0.661. The molecule has 0 fully saturated rings. The third-order valence-corrected chi connectivity index (χ3v) is 12.2. The Hall–Kier alpha value is -5.46. The minimum Gasteiger partial charge on any atom is -0.0795 e. The van der Waals surface area contributed by atoms with Crippen LogP contribution in [0.15, 0.2) is 127 Å². The third kappa shape index (κ3) is 3.75. The highest BCUT2D eigenvalue weighted by molar-refractivity contribution is 6.09. The summed E-state index contributed by atoms with van der Waals surface area (Å²) in [4.78, 5) is 0. The molecule has 0 heterocycles. The Balaban J connectivity index is 1.03. The van der Waals surface area contributed by atoms with Gasteiger partial charge >= 0.3 is 0 Å². The second kappa shape index (κ2) is 9.80. The normalized spacial score (nSPS) is 15.8. The van der Waals surface area contributed by atoms with Crippen LogP contribution in [0.5, 0.6) is 0 Å². The second-order valence-corrected chi connectivity index (χ2v) is 15.1. The third-order valence-electron chi connectivity index (χ3n) is 12.2. The maximum Gasteiger partial charge on any atom is 0.0159 e. The van der Waals surface area contributed by atoms with Crippen LogP contribution >= 0.6 is 0 Å². The molecule has 0 saturated heterocycles. The highest BCUT2D eigenvalue weighted by Crippen LogP contribution is 2.52. The van der Waals surface area contributed by atoms with E-state index in [9.17, 15) is 0 Å². The summed E-state index contributed by atoms with van der Waals surface area (Å²) in [6.45, 7) is 4.83. The van der Waals surface area contributed by atoms with Crippen LogP contribution in [0.2, 0.25) is 0 Å². The number of rotatable bonds is 3. The molecular weight excluding hydrogens is 589 g/mol. The standard InChI is InChI=1S/C49H36/c1-49(2)44-27-34(36-10-3-4-11-38(36)39-23-18-32-15-13-29-9-6-12-42(39)46(29)32)20-24-40(44)41-25-21-35(28-45(41)49)37-22-17-33-16-14-30-7-5-8-31-19-26-43(37)48(33)47(30)31/h3-6,8-12,14,17-28H,7,13,15-16H2,1-2H3. The smallest absolute Gasteiger partial charge is 0.0159 e. The van der Waals surface area contributed by atoms with Gasteiger partial charge < -0.3 is 0 Å². The van der Waals surface area contributed by atoms with Crippen molar-refractivity contribution in [2.45, 2.75) is 44.9 Å². The zero-order chi connectivity index (χ0) is 32.4. The van der Waals surface area contributed by atoms with E-state index in [4.69, 9.17) is 0 Å². The molecule has 0 spiro atoms. The Bertz CT molecular complexity index is 2660. The molecule has 0 saturated carbocycles. The van der Waals surface area contributed by atoms with Crippen molar-refractivity contribution in [2.75, 3.05) is 0 Å². The molecule has 0 radical (unpaired) electrons. The average Bonchev–Trinajstić information content (AvgIpc) is 3.67. The van der Waals surface area contributed by atoms with Gasteiger partial charge in [-0.25, -0.2) is 0 Å². The van der Waals surface area contributed by atoms with Gasteiger partial charge in [-0.1, -0.05) is 135 Å². The summed E-state index contributed by atoms with van der Waals surface area (Å²) < 4.78 is 0. The number of fused-ring (bicyclic) bond motifs is 3. The number of allylic oxidation sites excluding steroid dienone is 3. The van der Waals surface area contributed by atoms with Crippen molar-refractivity contribution in [3.63, 3.8) is 0 Å². The lowest BCUT2D eigenvalue weighted by atomic mass is 9.78. The molecule has 49 heavy (non-hydrogen) atoms. The molecule has 7 aromatic carbocycles. The van der Waals surface area contributed by atoms with Gasteiger partial charge in [0.2, 0.25) is 0 Å². The fraction of sp³-hybridized carbons (Fsp3) is 0.143. The molecule has 0 amide bonds. The van der Waals surface area contributed by atoms with Crippen molar-refractivity contribution in [1.29, 1.82) is 0 Å². The Kier molecular flexibility index (Phi) is 5.50. The van der Waals surface area contributed by atoms with Crippen molar-refractivity contribution in [3.05, 3.63) is 166 Å². The SMILES string of the molecule is CC1(C)c2cc(-c3ccccc3-c3ccc4c5c(cccc35)CC4)ccc2-c2ccc(-c3ccc4c5c6c(ccc35)C=CCC6=CC4)cc21. The van der Waals surface area contributed by atoms with Crippen molar-refractivity contribution in [2.24, 2.45) is 0 Å². The number of benzene rings is 7. The molecule has 0 aromatic heterocycles. The molecule has 0 aliphatic heterocycles. The van der Waals surface area contributed by atoms with Gasteiger partial charge in [-0.05, 0) is 148 Å². The van der Waals surface area contributed by atoms with E-state index in [0.29, 0.717) is 0 Å². The molecule has 4 aliphatic rings. The van der Waals surface area contributed by atoms with E-state index in [1.165, 1.54) is 111 Å². The maximum absolute atomic E-state index is 2.49. The molecule has 0 N–H and O–H groups in total. The summed E-state index contributed by atoms with van der Waals surface area (Å²) in [6, 6.07) is 44.5. The molecule has 4 aliphatic carbocycles. The Labute approximate surface area is 288 Å². The molecular formula is C49H36. The minimum absolute atomic E-state index is 0.116. The average molecular weight is 625 g/mol. The van der Waals surface area contributed by atoms with Crippen LogP contribution in [0.25, 0.3) is 77.7 Å². The van der Waals surface area contributed by atoms with Crippen LogP contribution < -0.4 is 0 Å². The highest BCUT2D eigenvalue weighted by Gasteiger charge is 2.36. The monoisotopic (exact) mass is 624 g/mol. The van der Waals surface area contributed by atoms with Crippen LogP contribution in [0.4, 0.5) is 0 Å². The van der Waals surface area contributed by atoms with Gasteiger partial charge in [-0.2, -0.15) is 0 Å². The fourth-order valence-electron chi connectivity index (χ4n) is 9.80. The van der Waals surface area contributed by atoms with E-state index in [1.54, 1.807) is 0 Å². The van der Waals surface area contributed by atoms with Crippen LogP contribution in [0.1, 0.15) is 59.2 Å². The van der Waals surface area contributed by atoms with Gasteiger partial charge in [0.15, 0.2) is 0 Å². The minimum atomic E-state index is -0.116. The van der Waals surface area contributed by atoms with Gasteiger partial charge in [0.1, 0.15) is 0 Å². The maximum atomic E-state index is 2.49. The summed E-state index contributed by atoms with van der Waals surface area (Å²) in [6.07, 6.45) is 11.4. The van der Waals surface area contributed by atoms with Crippen LogP contribution in [-0.4, -0.2) is 0 Å². The van der Waals surface area contributed by atoms with Crippen molar-refractivity contribution in [1.82, 2.24) is 0 Å². The van der Waals surface area contributed by atoms with E-state index in [-0.39, 0.29) is 5.41 Å². The van der Waals surface area contributed by atoms with Gasteiger partial charge in [-0.15, -0.1) is 0 Å². The number of hydrogen-bond acceptors (Lipinski definition) is 0. The predicted octanol–water partition coefficient (Wildman–Crippen LogP) is 12.8. The summed E-state index contributed by atoms with van der Waals surface area (Å²) in [5.74, 6) is 0. The van der Waals surface area contributed by atoms with Gasteiger partial charge in [0, 0.05) is 5.41 Å². The molecule has 0 bridgehead atoms. The lowest BCUT2D eigenvalue weighted by Crippen LogP contribution is -2.15. The van der Waals surface area contributed by atoms with Crippen LogP contribution in [0.3, 0.4) is 0 Å². The van der Waals surface area contributed by atoms with Crippen LogP contribution in [0, 0.1) is 0 Å². The summed E-state index contributed by atoms with van der Waals surface area (Å²) >= 11 is 0. The molecule has 0 nitrogen and oxygen atoms in total. The first-order valence-electron chi connectivity index (χ1n) is 17.9.